The lowest BCUT2D eigenvalue weighted by molar-refractivity contribution is -0.120. The molecule has 100 valence electrons. The number of carbonyl (C=O) groups excluding carboxylic acids is 1. The van der Waals surface area contributed by atoms with E-state index >= 15 is 0 Å². The topological polar surface area (TPSA) is 29.1 Å². The summed E-state index contributed by atoms with van der Waals surface area (Å²) in [5.74, 6) is -1.50. The molecule has 0 aliphatic heterocycles. The smallest absolute Gasteiger partial charge is 0.224 e. The summed E-state index contributed by atoms with van der Waals surface area (Å²) < 4.78 is 25.7. The van der Waals surface area contributed by atoms with Crippen LogP contribution in [-0.4, -0.2) is 12.5 Å². The summed E-state index contributed by atoms with van der Waals surface area (Å²) in [5.41, 5.74) is 0.482. The number of carbonyl (C=O) groups is 1. The highest BCUT2D eigenvalue weighted by Crippen LogP contribution is 2.09. The van der Waals surface area contributed by atoms with Crippen LogP contribution in [0, 0.1) is 17.6 Å². The Hall–Kier alpha value is -1.45. The van der Waals surface area contributed by atoms with E-state index in [1.165, 1.54) is 6.07 Å². The molecular formula is C14H19F2NO. The van der Waals surface area contributed by atoms with Gasteiger partial charge in [0, 0.05) is 6.54 Å². The molecule has 0 saturated heterocycles. The van der Waals surface area contributed by atoms with Crippen LogP contribution in [0.15, 0.2) is 18.2 Å². The van der Waals surface area contributed by atoms with Gasteiger partial charge in [0.05, 0.1) is 6.42 Å². The van der Waals surface area contributed by atoms with Crippen LogP contribution in [0.5, 0.6) is 0 Å². The van der Waals surface area contributed by atoms with Crippen molar-refractivity contribution in [3.63, 3.8) is 0 Å². The van der Waals surface area contributed by atoms with Crippen LogP contribution in [-0.2, 0) is 11.2 Å². The second kappa shape index (κ2) is 7.09. The highest BCUT2D eigenvalue weighted by molar-refractivity contribution is 5.78. The van der Waals surface area contributed by atoms with Crippen molar-refractivity contribution >= 4 is 5.91 Å². The highest BCUT2D eigenvalue weighted by atomic mass is 19.2. The van der Waals surface area contributed by atoms with E-state index in [0.717, 1.165) is 25.0 Å². The fourth-order valence-corrected chi connectivity index (χ4v) is 1.73. The minimum atomic E-state index is -0.916. The lowest BCUT2D eigenvalue weighted by atomic mass is 10.0. The van der Waals surface area contributed by atoms with Gasteiger partial charge >= 0.3 is 0 Å². The van der Waals surface area contributed by atoms with Gasteiger partial charge in [0.1, 0.15) is 0 Å². The van der Waals surface area contributed by atoms with Gasteiger partial charge in [-0.15, -0.1) is 0 Å². The molecule has 0 fully saturated rings. The van der Waals surface area contributed by atoms with Gasteiger partial charge < -0.3 is 5.32 Å². The standard InChI is InChI=1S/C14H19F2NO/c1-3-10(4-2)9-17-14(18)8-11-5-6-12(15)13(16)7-11/h5-7,10H,3-4,8-9H2,1-2H3,(H,17,18). The zero-order chi connectivity index (χ0) is 13.5. The van der Waals surface area contributed by atoms with E-state index in [4.69, 9.17) is 0 Å². The van der Waals surface area contributed by atoms with E-state index < -0.39 is 11.6 Å². The second-order valence-corrected chi connectivity index (χ2v) is 4.41. The van der Waals surface area contributed by atoms with Crippen LogP contribution in [0.4, 0.5) is 8.78 Å². The largest absolute Gasteiger partial charge is 0.356 e. The van der Waals surface area contributed by atoms with Gasteiger partial charge in [0.15, 0.2) is 11.6 Å². The Morgan fingerprint density at radius 1 is 1.22 bits per heavy atom. The van der Waals surface area contributed by atoms with E-state index in [1.54, 1.807) is 0 Å². The molecule has 0 spiro atoms. The zero-order valence-electron chi connectivity index (χ0n) is 10.8. The maximum Gasteiger partial charge on any atom is 0.224 e. The van der Waals surface area contributed by atoms with E-state index in [9.17, 15) is 13.6 Å². The SMILES string of the molecule is CCC(CC)CNC(=O)Cc1ccc(F)c(F)c1. The number of nitrogens with one attached hydrogen (secondary N) is 1. The maximum atomic E-state index is 12.9. The van der Waals surface area contributed by atoms with Gasteiger partial charge in [-0.05, 0) is 23.6 Å². The first kappa shape index (κ1) is 14.6. The van der Waals surface area contributed by atoms with E-state index in [2.05, 4.69) is 19.2 Å². The zero-order valence-corrected chi connectivity index (χ0v) is 10.8. The number of halogens is 2. The van der Waals surface area contributed by atoms with Crippen LogP contribution in [0.2, 0.25) is 0 Å². The van der Waals surface area contributed by atoms with Crippen molar-refractivity contribution in [1.82, 2.24) is 5.32 Å². The molecule has 0 aliphatic carbocycles. The molecule has 1 aromatic rings. The summed E-state index contributed by atoms with van der Waals surface area (Å²) in [5, 5.41) is 2.81. The van der Waals surface area contributed by atoms with Crippen LogP contribution >= 0.6 is 0 Å². The first-order valence-corrected chi connectivity index (χ1v) is 6.27. The van der Waals surface area contributed by atoms with Crippen molar-refractivity contribution in [2.75, 3.05) is 6.54 Å². The summed E-state index contributed by atoms with van der Waals surface area (Å²) in [6.07, 6.45) is 2.11. The molecule has 0 aromatic heterocycles. The molecule has 4 heteroatoms. The molecule has 0 radical (unpaired) electrons. The fraction of sp³-hybridized carbons (Fsp3) is 0.500. The van der Waals surface area contributed by atoms with Crippen LogP contribution in [0.3, 0.4) is 0 Å². The molecule has 1 N–H and O–H groups in total. The quantitative estimate of drug-likeness (QED) is 0.831. The number of hydrogen-bond acceptors (Lipinski definition) is 1. The molecule has 0 heterocycles. The average Bonchev–Trinajstić information content (AvgIpc) is 2.35. The summed E-state index contributed by atoms with van der Waals surface area (Å²) in [6, 6.07) is 3.53. The van der Waals surface area contributed by atoms with Gasteiger partial charge in [0.2, 0.25) is 5.91 Å². The second-order valence-electron chi connectivity index (χ2n) is 4.41. The molecule has 18 heavy (non-hydrogen) atoms. The van der Waals surface area contributed by atoms with E-state index in [0.29, 0.717) is 18.0 Å². The third-order valence-corrected chi connectivity index (χ3v) is 3.09. The Morgan fingerprint density at radius 3 is 2.44 bits per heavy atom. The Bertz CT molecular complexity index is 403. The van der Waals surface area contributed by atoms with Crippen LogP contribution in [0.25, 0.3) is 0 Å². The van der Waals surface area contributed by atoms with Crippen molar-refractivity contribution in [1.29, 1.82) is 0 Å². The third kappa shape index (κ3) is 4.43. The lowest BCUT2D eigenvalue weighted by Gasteiger charge is -2.13. The average molecular weight is 255 g/mol. The van der Waals surface area contributed by atoms with Gasteiger partial charge in [-0.2, -0.15) is 0 Å². The first-order chi connectivity index (χ1) is 8.56. The normalized spacial score (nSPS) is 10.7. The molecule has 1 amide bonds. The van der Waals surface area contributed by atoms with E-state index in [1.807, 2.05) is 0 Å². The molecule has 0 bridgehead atoms. The molecule has 0 aliphatic rings. The number of amides is 1. The predicted molar refractivity (Wildman–Crippen MR) is 67.1 cm³/mol. The fourth-order valence-electron chi connectivity index (χ4n) is 1.73. The molecule has 0 atom stereocenters. The monoisotopic (exact) mass is 255 g/mol. The Morgan fingerprint density at radius 2 is 1.89 bits per heavy atom. The molecule has 2 nitrogen and oxygen atoms in total. The minimum absolute atomic E-state index is 0.0807. The summed E-state index contributed by atoms with van der Waals surface area (Å²) in [7, 11) is 0. The number of rotatable bonds is 6. The van der Waals surface area contributed by atoms with Crippen molar-refractivity contribution < 1.29 is 13.6 Å². The number of benzene rings is 1. The van der Waals surface area contributed by atoms with Crippen molar-refractivity contribution in [3.05, 3.63) is 35.4 Å². The first-order valence-electron chi connectivity index (χ1n) is 6.27. The Kier molecular flexibility index (Phi) is 5.75. The van der Waals surface area contributed by atoms with E-state index in [-0.39, 0.29) is 12.3 Å². The van der Waals surface area contributed by atoms with Crippen molar-refractivity contribution in [2.24, 2.45) is 5.92 Å². The molecule has 1 aromatic carbocycles. The third-order valence-electron chi connectivity index (χ3n) is 3.09. The summed E-state index contributed by atoms with van der Waals surface area (Å²) in [6.45, 7) is 4.79. The molecular weight excluding hydrogens is 236 g/mol. The Labute approximate surface area is 106 Å². The molecule has 1 rings (SSSR count). The summed E-state index contributed by atoms with van der Waals surface area (Å²) >= 11 is 0. The summed E-state index contributed by atoms with van der Waals surface area (Å²) in [4.78, 5) is 11.6. The number of hydrogen-bond donors (Lipinski definition) is 1. The lowest BCUT2D eigenvalue weighted by Crippen LogP contribution is -2.30. The van der Waals surface area contributed by atoms with Gasteiger partial charge in [-0.25, -0.2) is 8.78 Å². The maximum absolute atomic E-state index is 12.9. The van der Waals surface area contributed by atoms with Gasteiger partial charge in [0.25, 0.3) is 0 Å². The minimum Gasteiger partial charge on any atom is -0.356 e. The molecule has 0 unspecified atom stereocenters. The van der Waals surface area contributed by atoms with Gasteiger partial charge in [-0.3, -0.25) is 4.79 Å². The van der Waals surface area contributed by atoms with Crippen LogP contribution in [0.1, 0.15) is 32.3 Å². The predicted octanol–water partition coefficient (Wildman–Crippen LogP) is 3.06. The van der Waals surface area contributed by atoms with Crippen LogP contribution < -0.4 is 5.32 Å². The van der Waals surface area contributed by atoms with Crippen molar-refractivity contribution in [3.8, 4) is 0 Å². The van der Waals surface area contributed by atoms with Gasteiger partial charge in [-0.1, -0.05) is 32.8 Å². The highest BCUT2D eigenvalue weighted by Gasteiger charge is 2.09. The molecule has 0 saturated carbocycles. The Balaban J connectivity index is 2.46. The van der Waals surface area contributed by atoms with Crippen molar-refractivity contribution in [2.45, 2.75) is 33.1 Å².